The van der Waals surface area contributed by atoms with Crippen molar-refractivity contribution in [2.24, 2.45) is 5.73 Å². The van der Waals surface area contributed by atoms with E-state index in [1.54, 1.807) is 51.3 Å². The lowest BCUT2D eigenvalue weighted by molar-refractivity contribution is -0.136. The van der Waals surface area contributed by atoms with Gasteiger partial charge in [0.1, 0.15) is 24.3 Å². The number of ether oxygens (including phenoxy) is 2. The molecule has 0 aliphatic carbocycles. The van der Waals surface area contributed by atoms with Gasteiger partial charge in [-0.15, -0.1) is 11.3 Å². The minimum Gasteiger partial charge on any atom is -0.480 e. The standard InChI is InChI=1S/C16H22N2O3.C11H14N2O.C9H11N.C7H4ClNS.C7H13NO4/c1-16(2,3)21-15(20)17-11-14(19)18-10-6-8-12-7-4-5-9-13(12)18;12-8-11(14)13-7-3-5-9-4-1-2-6-10(9)13;1-2-6-9-8(4-1)5-3-7-10-9;8-7-9-5-3-1-2-4-6(5)10-7;1-7(2,3)12-6(11)8-4-5(9)10/h4-5,7,9H,6,8,10-11H2,1-3H3,(H,17,20);1-2,4,6H,3,5,7-8,12H2;1-2,4,6,10H,3,5,7H2;1-4H;4H2,1-3H3,(H,8,11)(H,9,10). The fourth-order valence-electron chi connectivity index (χ4n) is 6.97. The van der Waals surface area contributed by atoms with Gasteiger partial charge in [-0.05, 0) is 127 Å². The summed E-state index contributed by atoms with van der Waals surface area (Å²) in [4.78, 5) is 63.8. The van der Waals surface area contributed by atoms with Gasteiger partial charge in [-0.25, -0.2) is 14.6 Å². The maximum Gasteiger partial charge on any atom is 0.408 e. The van der Waals surface area contributed by atoms with E-state index >= 15 is 0 Å². The second-order valence-electron chi connectivity index (χ2n) is 17.5. The maximum absolute atomic E-state index is 12.3. The fraction of sp³-hybridized carbons (Fsp3) is 0.400. The van der Waals surface area contributed by atoms with Crippen LogP contribution in [0.2, 0.25) is 4.47 Å². The van der Waals surface area contributed by atoms with Crippen LogP contribution in [0.3, 0.4) is 0 Å². The van der Waals surface area contributed by atoms with Gasteiger partial charge < -0.3 is 46.1 Å². The molecular formula is C50H64ClN7O8S. The smallest absolute Gasteiger partial charge is 0.408 e. The number of aliphatic carboxylic acids is 1. The summed E-state index contributed by atoms with van der Waals surface area (Å²) in [5.41, 5.74) is 12.4. The molecule has 67 heavy (non-hydrogen) atoms. The average Bonchev–Trinajstić information content (AvgIpc) is 3.69. The normalized spacial score (nSPS) is 13.4. The number of carbonyl (C=O) groups is 5. The van der Waals surface area contributed by atoms with Crippen molar-refractivity contribution in [3.05, 3.63) is 118 Å². The molecule has 0 saturated carbocycles. The van der Waals surface area contributed by atoms with Crippen LogP contribution in [0.25, 0.3) is 10.2 Å². The van der Waals surface area contributed by atoms with E-state index in [2.05, 4.69) is 51.3 Å². The van der Waals surface area contributed by atoms with Crippen molar-refractivity contribution in [1.29, 1.82) is 0 Å². The molecule has 3 aliphatic heterocycles. The Labute approximate surface area is 402 Å². The van der Waals surface area contributed by atoms with Crippen LogP contribution < -0.4 is 31.5 Å². The van der Waals surface area contributed by atoms with Crippen LogP contribution in [0.4, 0.5) is 26.7 Å². The Balaban J connectivity index is 0.000000189. The van der Waals surface area contributed by atoms with Crippen LogP contribution in [-0.4, -0.2) is 90.5 Å². The molecule has 4 aromatic carbocycles. The predicted octanol–water partition coefficient (Wildman–Crippen LogP) is 9.01. The molecule has 8 rings (SSSR count). The average molecular weight is 959 g/mol. The van der Waals surface area contributed by atoms with E-state index in [0.717, 1.165) is 60.4 Å². The Morgan fingerprint density at radius 1 is 0.687 bits per heavy atom. The number of carboxylic acids is 1. The first-order valence-corrected chi connectivity index (χ1v) is 23.5. The van der Waals surface area contributed by atoms with Gasteiger partial charge in [-0.1, -0.05) is 78.3 Å². The molecule has 0 fully saturated rings. The highest BCUT2D eigenvalue weighted by Crippen LogP contribution is 2.28. The number of hydrogen-bond donors (Lipinski definition) is 5. The molecule has 0 saturated heterocycles. The molecule has 3 aliphatic rings. The van der Waals surface area contributed by atoms with Gasteiger partial charge in [-0.2, -0.15) is 0 Å². The molecule has 4 heterocycles. The van der Waals surface area contributed by atoms with E-state index in [9.17, 15) is 24.0 Å². The summed E-state index contributed by atoms with van der Waals surface area (Å²) in [7, 11) is 0. The first kappa shape index (κ1) is 53.4. The number of halogens is 1. The first-order valence-electron chi connectivity index (χ1n) is 22.3. The lowest BCUT2D eigenvalue weighted by atomic mass is 10.0. The third kappa shape index (κ3) is 18.9. The van der Waals surface area contributed by atoms with E-state index in [1.165, 1.54) is 46.6 Å². The Kier molecular flexibility index (Phi) is 20.9. The third-order valence-electron chi connectivity index (χ3n) is 9.79. The van der Waals surface area contributed by atoms with E-state index in [0.29, 0.717) is 11.0 Å². The summed E-state index contributed by atoms with van der Waals surface area (Å²) in [5, 5.41) is 16.1. The monoisotopic (exact) mass is 957 g/mol. The maximum atomic E-state index is 12.3. The van der Waals surface area contributed by atoms with Crippen molar-refractivity contribution < 1.29 is 38.6 Å². The SMILES string of the molecule is CC(C)(C)OC(=O)NCC(=O)N1CCCc2ccccc21.CC(C)(C)OC(=O)NCC(=O)O.Clc1nc2ccccc2s1.NCC(=O)N1CCCc2ccccc21.c1ccc2c(c1)CCCN2. The second-order valence-corrected chi connectivity index (χ2v) is 19.1. The van der Waals surface area contributed by atoms with Gasteiger partial charge >= 0.3 is 18.2 Å². The summed E-state index contributed by atoms with van der Waals surface area (Å²) in [5.74, 6) is -1.20. The number of benzene rings is 4. The van der Waals surface area contributed by atoms with Gasteiger partial charge in [-0.3, -0.25) is 14.4 Å². The highest BCUT2D eigenvalue weighted by molar-refractivity contribution is 7.22. The molecule has 0 unspecified atom stereocenters. The number of carboxylic acid groups (broad SMARTS) is 1. The van der Waals surface area contributed by atoms with Crippen molar-refractivity contribution in [2.75, 3.05) is 54.4 Å². The Morgan fingerprint density at radius 3 is 1.69 bits per heavy atom. The fourth-order valence-corrected chi connectivity index (χ4v) is 8.00. The summed E-state index contributed by atoms with van der Waals surface area (Å²) >= 11 is 7.20. The number of aromatic nitrogens is 1. The molecule has 4 amide bonds. The van der Waals surface area contributed by atoms with Crippen LogP contribution in [0.1, 0.15) is 77.5 Å². The number of anilines is 3. The molecule has 5 aromatic rings. The quantitative estimate of drug-likeness (QED) is 0.112. The third-order valence-corrected chi connectivity index (χ3v) is 10.9. The van der Waals surface area contributed by atoms with Gasteiger partial charge in [0.2, 0.25) is 11.8 Å². The lowest BCUT2D eigenvalue weighted by Gasteiger charge is -2.29. The number of fused-ring (bicyclic) bond motifs is 4. The summed E-state index contributed by atoms with van der Waals surface area (Å²) in [6.45, 7) is 12.7. The Hall–Kier alpha value is -6.23. The molecular weight excluding hydrogens is 894 g/mol. The molecule has 1 aromatic heterocycles. The van der Waals surface area contributed by atoms with Crippen molar-refractivity contribution in [3.8, 4) is 0 Å². The number of carbonyl (C=O) groups excluding carboxylic acids is 4. The summed E-state index contributed by atoms with van der Waals surface area (Å²) in [6, 6.07) is 32.3. The van der Waals surface area contributed by atoms with Crippen molar-refractivity contribution in [3.63, 3.8) is 0 Å². The molecule has 17 heteroatoms. The molecule has 0 atom stereocenters. The second kappa shape index (κ2) is 26.2. The van der Waals surface area contributed by atoms with E-state index in [-0.39, 0.29) is 24.9 Å². The number of hydrogen-bond acceptors (Lipinski definition) is 11. The number of aryl methyl sites for hydroxylation is 3. The number of rotatable bonds is 5. The number of amides is 4. The van der Waals surface area contributed by atoms with Gasteiger partial charge in [0.15, 0.2) is 4.47 Å². The van der Waals surface area contributed by atoms with E-state index in [1.807, 2.05) is 66.7 Å². The Morgan fingerprint density at radius 2 is 1.16 bits per heavy atom. The van der Waals surface area contributed by atoms with Crippen LogP contribution in [0.15, 0.2) is 97.1 Å². The first-order chi connectivity index (χ1) is 31.8. The zero-order valence-corrected chi connectivity index (χ0v) is 40.8. The summed E-state index contributed by atoms with van der Waals surface area (Å²) < 4.78 is 11.7. The van der Waals surface area contributed by atoms with E-state index in [4.69, 9.17) is 31.9 Å². The van der Waals surface area contributed by atoms with Crippen LogP contribution >= 0.6 is 22.9 Å². The molecule has 0 spiro atoms. The largest absolute Gasteiger partial charge is 0.480 e. The van der Waals surface area contributed by atoms with Gasteiger partial charge in [0.05, 0.1) is 16.8 Å². The minimum atomic E-state index is -1.10. The highest BCUT2D eigenvalue weighted by atomic mass is 35.5. The van der Waals surface area contributed by atoms with Crippen molar-refractivity contribution >= 4 is 80.2 Å². The van der Waals surface area contributed by atoms with Crippen LogP contribution in [0, 0.1) is 0 Å². The molecule has 6 N–H and O–H groups in total. The topological polar surface area (TPSA) is 206 Å². The number of nitrogens with two attached hydrogens (primary N) is 1. The zero-order chi connectivity index (χ0) is 49.0. The predicted molar refractivity (Wildman–Crippen MR) is 267 cm³/mol. The van der Waals surface area contributed by atoms with Gasteiger partial charge in [0.25, 0.3) is 0 Å². The number of para-hydroxylation sites is 4. The number of alkyl carbamates (subject to hydrolysis) is 2. The van der Waals surface area contributed by atoms with Crippen molar-refractivity contribution in [2.45, 2.75) is 91.3 Å². The van der Waals surface area contributed by atoms with E-state index < -0.39 is 35.9 Å². The molecule has 0 bridgehead atoms. The summed E-state index contributed by atoms with van der Waals surface area (Å²) in [6.07, 6.45) is 5.24. The molecule has 15 nitrogen and oxygen atoms in total. The zero-order valence-electron chi connectivity index (χ0n) is 39.2. The molecule has 360 valence electrons. The highest BCUT2D eigenvalue weighted by Gasteiger charge is 2.24. The number of nitrogens with zero attached hydrogens (tertiary/aromatic N) is 3. The number of nitrogens with one attached hydrogen (secondary N) is 3. The van der Waals surface area contributed by atoms with Gasteiger partial charge in [0, 0.05) is 36.7 Å². The Bertz CT molecular complexity index is 2360. The molecule has 0 radical (unpaired) electrons. The number of thiazole rings is 1. The minimum absolute atomic E-state index is 0.0113. The van der Waals surface area contributed by atoms with Crippen LogP contribution in [-0.2, 0) is 43.1 Å². The van der Waals surface area contributed by atoms with Crippen molar-refractivity contribution in [1.82, 2.24) is 15.6 Å². The lowest BCUT2D eigenvalue weighted by Crippen LogP contribution is -2.43. The van der Waals surface area contributed by atoms with Crippen LogP contribution in [0.5, 0.6) is 0 Å².